The van der Waals surface area contributed by atoms with E-state index in [4.69, 9.17) is 10.3 Å². The van der Waals surface area contributed by atoms with Crippen molar-refractivity contribution in [3.63, 3.8) is 0 Å². The van der Waals surface area contributed by atoms with Gasteiger partial charge >= 0.3 is 0 Å². The first kappa shape index (κ1) is 8.52. The molecule has 2 aromatic heterocycles. The van der Waals surface area contributed by atoms with Gasteiger partial charge in [0.15, 0.2) is 5.58 Å². The van der Waals surface area contributed by atoms with Crippen LogP contribution >= 0.6 is 0 Å². The van der Waals surface area contributed by atoms with Gasteiger partial charge in [0, 0.05) is 13.1 Å². The second-order valence-electron chi connectivity index (χ2n) is 3.79. The van der Waals surface area contributed by atoms with Crippen LogP contribution in [-0.2, 0) is 0 Å². The van der Waals surface area contributed by atoms with Crippen LogP contribution in [0.4, 0.5) is 11.5 Å². The third-order valence-electron chi connectivity index (χ3n) is 2.85. The highest BCUT2D eigenvalue weighted by Gasteiger charge is 2.18. The molecule has 5 nitrogen and oxygen atoms in total. The summed E-state index contributed by atoms with van der Waals surface area (Å²) in [5.74, 6) is 0.481. The van der Waals surface area contributed by atoms with Crippen LogP contribution in [0.5, 0.6) is 0 Å². The fourth-order valence-corrected chi connectivity index (χ4v) is 2.05. The van der Waals surface area contributed by atoms with E-state index in [2.05, 4.69) is 15.0 Å². The van der Waals surface area contributed by atoms with Gasteiger partial charge in [-0.1, -0.05) is 5.16 Å². The molecule has 1 fully saturated rings. The van der Waals surface area contributed by atoms with E-state index in [9.17, 15) is 0 Å². The van der Waals surface area contributed by atoms with Gasteiger partial charge in [0.2, 0.25) is 0 Å². The van der Waals surface area contributed by atoms with Crippen LogP contribution in [-0.4, -0.2) is 23.2 Å². The predicted molar refractivity (Wildman–Crippen MR) is 57.7 cm³/mol. The minimum atomic E-state index is 0.481. The average molecular weight is 204 g/mol. The minimum Gasteiger partial charge on any atom is -0.383 e. The smallest absolute Gasteiger partial charge is 0.195 e. The summed E-state index contributed by atoms with van der Waals surface area (Å²) in [6.45, 7) is 2.11. The molecule has 15 heavy (non-hydrogen) atoms. The molecule has 0 amide bonds. The van der Waals surface area contributed by atoms with E-state index in [0.29, 0.717) is 5.82 Å². The van der Waals surface area contributed by atoms with Crippen molar-refractivity contribution in [2.45, 2.75) is 12.8 Å². The SMILES string of the molecule is Nc1ncc(N2CCCC2)c2oncc12. The Kier molecular flexibility index (Phi) is 1.77. The molecule has 0 radical (unpaired) electrons. The standard InChI is InChI=1S/C10H12N4O/c11-10-7-5-13-15-9(7)8(6-12-10)14-3-1-2-4-14/h5-6H,1-4H2,(H2,11,12). The van der Waals surface area contributed by atoms with Crippen LogP contribution in [0.25, 0.3) is 11.0 Å². The maximum Gasteiger partial charge on any atom is 0.195 e. The number of hydrogen-bond donors (Lipinski definition) is 1. The zero-order valence-corrected chi connectivity index (χ0v) is 8.31. The zero-order chi connectivity index (χ0) is 10.3. The van der Waals surface area contributed by atoms with E-state index in [1.54, 1.807) is 12.4 Å². The first-order valence-electron chi connectivity index (χ1n) is 5.10. The van der Waals surface area contributed by atoms with Crippen LogP contribution in [0.15, 0.2) is 16.9 Å². The van der Waals surface area contributed by atoms with Crippen LogP contribution in [0.2, 0.25) is 0 Å². The van der Waals surface area contributed by atoms with Crippen molar-refractivity contribution in [2.75, 3.05) is 23.7 Å². The third kappa shape index (κ3) is 1.23. The lowest BCUT2D eigenvalue weighted by molar-refractivity contribution is 0.456. The second kappa shape index (κ2) is 3.12. The molecule has 0 spiro atoms. The van der Waals surface area contributed by atoms with Crippen LogP contribution in [0.1, 0.15) is 12.8 Å². The Morgan fingerprint density at radius 3 is 2.87 bits per heavy atom. The molecule has 0 aromatic carbocycles. The summed E-state index contributed by atoms with van der Waals surface area (Å²) in [6.07, 6.45) is 5.84. The molecular weight excluding hydrogens is 192 g/mol. The molecule has 3 heterocycles. The number of hydrogen-bond acceptors (Lipinski definition) is 5. The van der Waals surface area contributed by atoms with E-state index in [-0.39, 0.29) is 0 Å². The quantitative estimate of drug-likeness (QED) is 0.760. The van der Waals surface area contributed by atoms with Crippen molar-refractivity contribution in [1.29, 1.82) is 0 Å². The summed E-state index contributed by atoms with van der Waals surface area (Å²) in [4.78, 5) is 6.42. The lowest BCUT2D eigenvalue weighted by Crippen LogP contribution is -2.18. The molecular formula is C10H12N4O. The fraction of sp³-hybridized carbons (Fsp3) is 0.400. The summed E-state index contributed by atoms with van der Waals surface area (Å²) in [5.41, 5.74) is 7.50. The molecule has 1 saturated heterocycles. The van der Waals surface area contributed by atoms with Crippen LogP contribution in [0, 0.1) is 0 Å². The highest BCUT2D eigenvalue weighted by Crippen LogP contribution is 2.30. The number of nitrogens with two attached hydrogens (primary N) is 1. The number of nitrogen functional groups attached to an aromatic ring is 1. The Morgan fingerprint density at radius 1 is 1.27 bits per heavy atom. The summed E-state index contributed by atoms with van der Waals surface area (Å²) in [7, 11) is 0. The number of aromatic nitrogens is 2. The number of anilines is 2. The van der Waals surface area contributed by atoms with Gasteiger partial charge in [-0.05, 0) is 12.8 Å². The second-order valence-corrected chi connectivity index (χ2v) is 3.79. The van der Waals surface area contributed by atoms with Gasteiger partial charge in [-0.25, -0.2) is 4.98 Å². The van der Waals surface area contributed by atoms with Crippen LogP contribution in [0.3, 0.4) is 0 Å². The van der Waals surface area contributed by atoms with E-state index in [0.717, 1.165) is 29.7 Å². The van der Waals surface area contributed by atoms with E-state index < -0.39 is 0 Å². The van der Waals surface area contributed by atoms with Crippen molar-refractivity contribution in [3.05, 3.63) is 12.4 Å². The number of pyridine rings is 1. The minimum absolute atomic E-state index is 0.481. The van der Waals surface area contributed by atoms with Gasteiger partial charge in [-0.2, -0.15) is 0 Å². The van der Waals surface area contributed by atoms with E-state index >= 15 is 0 Å². The molecule has 0 aliphatic carbocycles. The van der Waals surface area contributed by atoms with Crippen molar-refractivity contribution >= 4 is 22.5 Å². The van der Waals surface area contributed by atoms with Crippen LogP contribution < -0.4 is 10.6 Å². The van der Waals surface area contributed by atoms with Crippen molar-refractivity contribution in [3.8, 4) is 0 Å². The highest BCUT2D eigenvalue weighted by atomic mass is 16.5. The van der Waals surface area contributed by atoms with Crippen molar-refractivity contribution in [1.82, 2.24) is 10.1 Å². The summed E-state index contributed by atoms with van der Waals surface area (Å²) >= 11 is 0. The Morgan fingerprint density at radius 2 is 2.07 bits per heavy atom. The summed E-state index contributed by atoms with van der Waals surface area (Å²) in [6, 6.07) is 0. The van der Waals surface area contributed by atoms with Gasteiger partial charge < -0.3 is 15.2 Å². The van der Waals surface area contributed by atoms with Gasteiger partial charge in [0.1, 0.15) is 11.5 Å². The molecule has 0 atom stereocenters. The van der Waals surface area contributed by atoms with Crippen molar-refractivity contribution in [2.24, 2.45) is 0 Å². The topological polar surface area (TPSA) is 68.2 Å². The Bertz CT molecular complexity index is 487. The van der Waals surface area contributed by atoms with Gasteiger partial charge in [0.25, 0.3) is 0 Å². The number of rotatable bonds is 1. The van der Waals surface area contributed by atoms with Gasteiger partial charge in [0.05, 0.1) is 17.8 Å². The third-order valence-corrected chi connectivity index (χ3v) is 2.85. The van der Waals surface area contributed by atoms with E-state index in [1.807, 2.05) is 0 Å². The fourth-order valence-electron chi connectivity index (χ4n) is 2.05. The number of fused-ring (bicyclic) bond motifs is 1. The molecule has 1 aliphatic rings. The predicted octanol–water partition coefficient (Wildman–Crippen LogP) is 1.41. The van der Waals surface area contributed by atoms with Gasteiger partial charge in [-0.15, -0.1) is 0 Å². The summed E-state index contributed by atoms with van der Waals surface area (Å²) < 4.78 is 5.23. The summed E-state index contributed by atoms with van der Waals surface area (Å²) in [5, 5.41) is 4.58. The van der Waals surface area contributed by atoms with Crippen molar-refractivity contribution < 1.29 is 4.52 Å². The van der Waals surface area contributed by atoms with E-state index in [1.165, 1.54) is 12.8 Å². The Labute approximate surface area is 86.9 Å². The monoisotopic (exact) mass is 204 g/mol. The lowest BCUT2D eigenvalue weighted by Gasteiger charge is -2.16. The first-order valence-corrected chi connectivity index (χ1v) is 5.10. The molecule has 2 aromatic rings. The maximum atomic E-state index is 5.74. The molecule has 3 rings (SSSR count). The molecule has 5 heteroatoms. The largest absolute Gasteiger partial charge is 0.383 e. The maximum absolute atomic E-state index is 5.74. The Balaban J connectivity index is 2.17. The Hall–Kier alpha value is -1.78. The molecule has 78 valence electrons. The van der Waals surface area contributed by atoms with Gasteiger partial charge in [-0.3, -0.25) is 0 Å². The molecule has 0 unspecified atom stereocenters. The molecule has 0 bridgehead atoms. The average Bonchev–Trinajstić information content (AvgIpc) is 2.88. The number of nitrogens with zero attached hydrogens (tertiary/aromatic N) is 3. The molecule has 1 aliphatic heterocycles. The normalized spacial score (nSPS) is 16.4. The zero-order valence-electron chi connectivity index (χ0n) is 8.31. The molecule has 0 saturated carbocycles. The molecule has 2 N–H and O–H groups in total. The first-order chi connectivity index (χ1) is 7.36. The highest BCUT2D eigenvalue weighted by molar-refractivity contribution is 5.94. The lowest BCUT2D eigenvalue weighted by atomic mass is 10.3.